The lowest BCUT2D eigenvalue weighted by Gasteiger charge is -2.19. The van der Waals surface area contributed by atoms with Crippen molar-refractivity contribution in [3.63, 3.8) is 0 Å². The Morgan fingerprint density at radius 3 is 2.47 bits per heavy atom. The summed E-state index contributed by atoms with van der Waals surface area (Å²) >= 11 is 0. The maximum Gasteiger partial charge on any atom is 0.313 e. The van der Waals surface area contributed by atoms with E-state index in [1.807, 2.05) is 61.5 Å². The average Bonchev–Trinajstić information content (AvgIpc) is 2.39. The van der Waals surface area contributed by atoms with E-state index in [1.165, 1.54) is 0 Å². The zero-order valence-electron chi connectivity index (χ0n) is 10.0. The summed E-state index contributed by atoms with van der Waals surface area (Å²) in [4.78, 5) is 5.38. The van der Waals surface area contributed by atoms with Gasteiger partial charge >= 0.3 is 5.71 Å². The zero-order valence-corrected chi connectivity index (χ0v) is 10.0. The van der Waals surface area contributed by atoms with Gasteiger partial charge in [0.15, 0.2) is 0 Å². The molecule has 1 atom stereocenters. The van der Waals surface area contributed by atoms with Crippen molar-refractivity contribution in [2.45, 2.75) is 6.04 Å². The lowest BCUT2D eigenvalue weighted by molar-refractivity contribution is -0.0104. The fraction of sp³-hybridized carbons (Fsp3) is 0.214. The van der Waals surface area contributed by atoms with Gasteiger partial charge in [-0.15, -0.1) is 0 Å². The smallest absolute Gasteiger partial charge is 0.313 e. The van der Waals surface area contributed by atoms with E-state index in [-0.39, 0.29) is 6.04 Å². The molecule has 1 aromatic rings. The fourth-order valence-corrected chi connectivity index (χ4v) is 1.92. The Balaban J connectivity index is 2.36. The van der Waals surface area contributed by atoms with Crippen LogP contribution in [0.1, 0.15) is 5.56 Å². The minimum absolute atomic E-state index is 0.0347. The van der Waals surface area contributed by atoms with E-state index in [9.17, 15) is 0 Å². The highest BCUT2D eigenvalue weighted by Crippen LogP contribution is 2.20. The van der Waals surface area contributed by atoms with Crippen molar-refractivity contribution in [2.75, 3.05) is 14.1 Å². The Morgan fingerprint density at radius 1 is 1.18 bits per heavy atom. The molecule has 0 aromatic heterocycles. The molecule has 0 radical (unpaired) electrons. The van der Waals surface area contributed by atoms with E-state index < -0.39 is 0 Å². The van der Waals surface area contributed by atoms with E-state index in [4.69, 9.17) is 5.53 Å². The van der Waals surface area contributed by atoms with Crippen molar-refractivity contribution in [3.05, 3.63) is 59.7 Å². The number of hydrogen-bond donors (Lipinski definition) is 0. The first kappa shape index (κ1) is 11.5. The van der Waals surface area contributed by atoms with Gasteiger partial charge in [0.25, 0.3) is 0 Å². The molecule has 0 N–H and O–H groups in total. The molecule has 0 fully saturated rings. The van der Waals surface area contributed by atoms with Crippen LogP contribution in [0.5, 0.6) is 0 Å². The van der Waals surface area contributed by atoms with Crippen molar-refractivity contribution in [1.82, 2.24) is 4.90 Å². The van der Waals surface area contributed by atoms with Gasteiger partial charge in [-0.25, -0.2) is 0 Å². The third-order valence-corrected chi connectivity index (χ3v) is 2.84. The SMILES string of the molecule is CN(C)C1C=CC(c2ccccc2)=CC1=[N+]=[N-]. The molecular formula is C14H15N3. The summed E-state index contributed by atoms with van der Waals surface area (Å²) in [6.45, 7) is 0. The van der Waals surface area contributed by atoms with Gasteiger partial charge in [-0.2, -0.15) is 4.79 Å². The van der Waals surface area contributed by atoms with Gasteiger partial charge in [0, 0.05) is 6.08 Å². The summed E-state index contributed by atoms with van der Waals surface area (Å²) in [7, 11) is 3.92. The molecule has 17 heavy (non-hydrogen) atoms. The Hall–Kier alpha value is -1.96. The molecule has 1 aromatic carbocycles. The highest BCUT2D eigenvalue weighted by Gasteiger charge is 2.24. The maximum atomic E-state index is 9.06. The molecule has 0 spiro atoms. The minimum atomic E-state index is 0.0347. The highest BCUT2D eigenvalue weighted by atomic mass is 15.1. The molecule has 2 rings (SSSR count). The number of benzene rings is 1. The molecular weight excluding hydrogens is 210 g/mol. The van der Waals surface area contributed by atoms with Crippen molar-refractivity contribution in [3.8, 4) is 0 Å². The van der Waals surface area contributed by atoms with E-state index in [0.29, 0.717) is 5.71 Å². The molecule has 0 amide bonds. The van der Waals surface area contributed by atoms with Crippen LogP contribution in [-0.4, -0.2) is 35.5 Å². The molecule has 1 unspecified atom stereocenters. The second-order valence-electron chi connectivity index (χ2n) is 4.26. The van der Waals surface area contributed by atoms with Crippen LogP contribution >= 0.6 is 0 Å². The van der Waals surface area contributed by atoms with E-state index in [2.05, 4.69) is 10.9 Å². The van der Waals surface area contributed by atoms with E-state index in [1.54, 1.807) is 0 Å². The van der Waals surface area contributed by atoms with Crippen molar-refractivity contribution >= 4 is 11.3 Å². The Labute approximate surface area is 101 Å². The molecule has 1 aliphatic carbocycles. The fourth-order valence-electron chi connectivity index (χ4n) is 1.92. The van der Waals surface area contributed by atoms with Crippen LogP contribution in [-0.2, 0) is 0 Å². The van der Waals surface area contributed by atoms with Crippen molar-refractivity contribution < 1.29 is 4.79 Å². The van der Waals surface area contributed by atoms with Crippen LogP contribution < -0.4 is 0 Å². The molecule has 1 aliphatic rings. The van der Waals surface area contributed by atoms with Crippen LogP contribution in [0.15, 0.2) is 48.6 Å². The summed E-state index contributed by atoms with van der Waals surface area (Å²) in [5, 5.41) is 0. The summed E-state index contributed by atoms with van der Waals surface area (Å²) in [6, 6.07) is 10.1. The normalized spacial score (nSPS) is 19.1. The first-order chi connectivity index (χ1) is 8.22. The molecule has 0 heterocycles. The lowest BCUT2D eigenvalue weighted by Crippen LogP contribution is -2.35. The summed E-state index contributed by atoms with van der Waals surface area (Å²) in [6.07, 6.45) is 6.02. The summed E-state index contributed by atoms with van der Waals surface area (Å²) in [5.74, 6) is 0. The van der Waals surface area contributed by atoms with Gasteiger partial charge in [0.05, 0.1) is 0 Å². The van der Waals surface area contributed by atoms with Gasteiger partial charge < -0.3 is 5.53 Å². The minimum Gasteiger partial charge on any atom is -0.361 e. The van der Waals surface area contributed by atoms with Crippen LogP contribution in [0, 0.1) is 0 Å². The largest absolute Gasteiger partial charge is 0.361 e. The topological polar surface area (TPSA) is 39.6 Å². The maximum absolute atomic E-state index is 9.06. The van der Waals surface area contributed by atoms with Crippen LogP contribution in [0.4, 0.5) is 0 Å². The first-order valence-corrected chi connectivity index (χ1v) is 5.56. The summed E-state index contributed by atoms with van der Waals surface area (Å²) < 4.78 is 0. The monoisotopic (exact) mass is 225 g/mol. The van der Waals surface area contributed by atoms with Crippen LogP contribution in [0.25, 0.3) is 11.1 Å². The first-order valence-electron chi connectivity index (χ1n) is 5.56. The number of hydrogen-bond acceptors (Lipinski definition) is 1. The van der Waals surface area contributed by atoms with Gasteiger partial charge in [-0.05, 0) is 25.2 Å². The molecule has 0 saturated heterocycles. The lowest BCUT2D eigenvalue weighted by atomic mass is 9.95. The highest BCUT2D eigenvalue weighted by molar-refractivity contribution is 6.05. The molecule has 86 valence electrons. The van der Waals surface area contributed by atoms with Crippen LogP contribution in [0.2, 0.25) is 0 Å². The van der Waals surface area contributed by atoms with Gasteiger partial charge in [0.2, 0.25) is 0 Å². The molecule has 3 nitrogen and oxygen atoms in total. The second kappa shape index (κ2) is 4.91. The Morgan fingerprint density at radius 2 is 1.88 bits per heavy atom. The standard InChI is InChI=1S/C14H15N3/c1-17(2)14-9-8-12(10-13(14)16-15)11-6-4-3-5-7-11/h3-10,14H,1-2H3. The number of nitrogens with zero attached hydrogens (tertiary/aromatic N) is 3. The molecule has 0 bridgehead atoms. The summed E-state index contributed by atoms with van der Waals surface area (Å²) in [5.41, 5.74) is 11.9. The Bertz CT molecular complexity index is 506. The van der Waals surface area contributed by atoms with Gasteiger partial charge in [0.1, 0.15) is 6.04 Å². The van der Waals surface area contributed by atoms with Crippen LogP contribution in [0.3, 0.4) is 0 Å². The molecule has 0 saturated carbocycles. The number of likely N-dealkylation sites (N-methyl/N-ethyl adjacent to an activating group) is 1. The van der Waals surface area contributed by atoms with Crippen molar-refractivity contribution in [1.29, 1.82) is 0 Å². The third kappa shape index (κ3) is 2.41. The second-order valence-corrected chi connectivity index (χ2v) is 4.26. The predicted octanol–water partition coefficient (Wildman–Crippen LogP) is 2.24. The van der Waals surface area contributed by atoms with E-state index >= 15 is 0 Å². The van der Waals surface area contributed by atoms with Crippen molar-refractivity contribution in [2.24, 2.45) is 0 Å². The average molecular weight is 225 g/mol. The van der Waals surface area contributed by atoms with Gasteiger partial charge in [-0.1, -0.05) is 42.5 Å². The predicted molar refractivity (Wildman–Crippen MR) is 69.7 cm³/mol. The number of rotatable bonds is 2. The molecule has 3 heteroatoms. The van der Waals surface area contributed by atoms with Gasteiger partial charge in [-0.3, -0.25) is 4.90 Å². The molecule has 0 aliphatic heterocycles. The Kier molecular flexibility index (Phi) is 3.33. The number of allylic oxidation sites excluding steroid dienone is 2. The third-order valence-electron chi connectivity index (χ3n) is 2.84. The quantitative estimate of drug-likeness (QED) is 0.562. The zero-order chi connectivity index (χ0) is 12.3. The van der Waals surface area contributed by atoms with E-state index in [0.717, 1.165) is 11.1 Å².